The van der Waals surface area contributed by atoms with Crippen LogP contribution in [0.4, 0.5) is 8.78 Å². The fourth-order valence-corrected chi connectivity index (χ4v) is 1.36. The van der Waals surface area contributed by atoms with Gasteiger partial charge in [0.05, 0.1) is 6.54 Å². The molecular formula is C12H18F2N4. The first-order chi connectivity index (χ1) is 8.39. The van der Waals surface area contributed by atoms with Gasteiger partial charge in [-0.3, -0.25) is 0 Å². The Morgan fingerprint density at radius 1 is 1.28 bits per heavy atom. The van der Waals surface area contributed by atoms with E-state index in [4.69, 9.17) is 11.5 Å². The summed E-state index contributed by atoms with van der Waals surface area (Å²) in [5.41, 5.74) is 12.1. The number of nitrogens with two attached hydrogens (primary N) is 2. The highest BCUT2D eigenvalue weighted by Crippen LogP contribution is 2.12. The van der Waals surface area contributed by atoms with Gasteiger partial charge in [-0.1, -0.05) is 29.8 Å². The topological polar surface area (TPSA) is 76.4 Å². The molecule has 1 aromatic rings. The van der Waals surface area contributed by atoms with E-state index < -0.39 is 19.0 Å². The molecule has 18 heavy (non-hydrogen) atoms. The second-order valence-electron chi connectivity index (χ2n) is 4.19. The maximum atomic E-state index is 13.3. The summed E-state index contributed by atoms with van der Waals surface area (Å²) in [6.45, 7) is 1.20. The van der Waals surface area contributed by atoms with Gasteiger partial charge < -0.3 is 16.8 Å². The first kappa shape index (κ1) is 14.4. The van der Waals surface area contributed by atoms with Gasteiger partial charge in [-0.05, 0) is 12.5 Å². The lowest BCUT2D eigenvalue weighted by Gasteiger charge is -2.15. The van der Waals surface area contributed by atoms with Gasteiger partial charge in [0.25, 0.3) is 5.92 Å². The van der Waals surface area contributed by atoms with Crippen LogP contribution in [-0.2, 0) is 6.54 Å². The first-order valence-electron chi connectivity index (χ1n) is 5.58. The summed E-state index contributed by atoms with van der Waals surface area (Å²) < 4.78 is 26.5. The average molecular weight is 256 g/mol. The first-order valence-corrected chi connectivity index (χ1v) is 5.58. The van der Waals surface area contributed by atoms with Crippen LogP contribution in [0.15, 0.2) is 29.3 Å². The van der Waals surface area contributed by atoms with Crippen molar-refractivity contribution in [2.24, 2.45) is 16.5 Å². The summed E-state index contributed by atoms with van der Waals surface area (Å²) >= 11 is 0. The quantitative estimate of drug-likeness (QED) is 0.525. The summed E-state index contributed by atoms with van der Waals surface area (Å²) in [5.74, 6) is -3.28. The monoisotopic (exact) mass is 256 g/mol. The molecule has 0 aliphatic heterocycles. The maximum Gasteiger partial charge on any atom is 0.279 e. The third kappa shape index (κ3) is 5.58. The van der Waals surface area contributed by atoms with Gasteiger partial charge in [0.15, 0.2) is 5.96 Å². The molecule has 0 spiro atoms. The molecule has 0 fully saturated rings. The lowest BCUT2D eigenvalue weighted by molar-refractivity contribution is 0.0120. The minimum absolute atomic E-state index is 0.326. The summed E-state index contributed by atoms with van der Waals surface area (Å²) in [6, 6.07) is 7.68. The third-order valence-corrected chi connectivity index (χ3v) is 2.33. The highest BCUT2D eigenvalue weighted by molar-refractivity contribution is 5.75. The van der Waals surface area contributed by atoms with Crippen LogP contribution in [0.1, 0.15) is 11.1 Å². The number of benzene rings is 1. The van der Waals surface area contributed by atoms with Crippen LogP contribution in [0.5, 0.6) is 0 Å². The fourth-order valence-electron chi connectivity index (χ4n) is 1.36. The lowest BCUT2D eigenvalue weighted by Crippen LogP contribution is -2.36. The number of aryl methyl sites for hydroxylation is 1. The van der Waals surface area contributed by atoms with Gasteiger partial charge in [0, 0.05) is 6.54 Å². The summed E-state index contributed by atoms with van der Waals surface area (Å²) in [6.07, 6.45) is 0. The van der Waals surface area contributed by atoms with Crippen molar-refractivity contribution in [3.63, 3.8) is 0 Å². The molecular weight excluding hydrogens is 238 g/mol. The molecule has 5 N–H and O–H groups in total. The number of aliphatic imine (C=N–C) groups is 1. The fraction of sp³-hybridized carbons (Fsp3) is 0.417. The third-order valence-electron chi connectivity index (χ3n) is 2.33. The normalized spacial score (nSPS) is 11.3. The minimum Gasteiger partial charge on any atom is -0.370 e. The molecule has 1 aromatic carbocycles. The number of nitrogens with one attached hydrogen (secondary N) is 1. The van der Waals surface area contributed by atoms with E-state index in [0.29, 0.717) is 6.54 Å². The minimum atomic E-state index is -2.95. The second-order valence-corrected chi connectivity index (χ2v) is 4.19. The smallest absolute Gasteiger partial charge is 0.279 e. The highest BCUT2D eigenvalue weighted by Gasteiger charge is 2.27. The Balaban J connectivity index is 2.36. The van der Waals surface area contributed by atoms with Crippen molar-refractivity contribution in [1.29, 1.82) is 0 Å². The Hall–Kier alpha value is -1.69. The molecule has 4 nitrogen and oxygen atoms in total. The molecule has 0 aliphatic carbocycles. The van der Waals surface area contributed by atoms with Gasteiger partial charge in [0.1, 0.15) is 6.54 Å². The van der Waals surface area contributed by atoms with Crippen LogP contribution in [0, 0.1) is 6.92 Å². The Morgan fingerprint density at radius 3 is 2.44 bits per heavy atom. The number of rotatable bonds is 6. The number of nitrogens with zero attached hydrogens (tertiary/aromatic N) is 1. The molecule has 0 radical (unpaired) electrons. The molecule has 100 valence electrons. The van der Waals surface area contributed by atoms with E-state index in [1.807, 2.05) is 31.2 Å². The number of hydrogen-bond acceptors (Lipinski definition) is 2. The molecule has 1 rings (SSSR count). The van der Waals surface area contributed by atoms with E-state index in [1.165, 1.54) is 0 Å². The Labute approximate surface area is 105 Å². The summed E-state index contributed by atoms with van der Waals surface area (Å²) in [7, 11) is 0. The molecule has 0 amide bonds. The van der Waals surface area contributed by atoms with Crippen LogP contribution >= 0.6 is 0 Å². The Kier molecular flexibility index (Phi) is 5.03. The van der Waals surface area contributed by atoms with Gasteiger partial charge >= 0.3 is 0 Å². The van der Waals surface area contributed by atoms with Crippen molar-refractivity contribution >= 4 is 5.96 Å². The molecule has 0 saturated heterocycles. The van der Waals surface area contributed by atoms with Crippen molar-refractivity contribution < 1.29 is 8.78 Å². The van der Waals surface area contributed by atoms with E-state index in [0.717, 1.165) is 11.1 Å². The molecule has 0 aliphatic rings. The van der Waals surface area contributed by atoms with Crippen molar-refractivity contribution in [3.05, 3.63) is 35.4 Å². The van der Waals surface area contributed by atoms with E-state index in [2.05, 4.69) is 10.3 Å². The zero-order chi connectivity index (χ0) is 13.6. The van der Waals surface area contributed by atoms with Gasteiger partial charge in [-0.2, -0.15) is 0 Å². The van der Waals surface area contributed by atoms with Crippen molar-refractivity contribution in [2.75, 3.05) is 13.1 Å². The van der Waals surface area contributed by atoms with E-state index in [9.17, 15) is 8.78 Å². The van der Waals surface area contributed by atoms with Gasteiger partial charge in [-0.15, -0.1) is 0 Å². The molecule has 0 saturated carbocycles. The zero-order valence-electron chi connectivity index (χ0n) is 10.3. The summed E-state index contributed by atoms with van der Waals surface area (Å²) in [4.78, 5) is 3.32. The van der Waals surface area contributed by atoms with Gasteiger partial charge in [-0.25, -0.2) is 13.8 Å². The zero-order valence-corrected chi connectivity index (χ0v) is 10.3. The number of alkyl halides is 2. The molecule has 0 bridgehead atoms. The second kappa shape index (κ2) is 6.30. The van der Waals surface area contributed by atoms with Crippen LogP contribution in [-0.4, -0.2) is 25.0 Å². The molecule has 0 aromatic heterocycles. The average Bonchev–Trinajstić information content (AvgIpc) is 2.29. The van der Waals surface area contributed by atoms with Crippen LogP contribution in [0.2, 0.25) is 0 Å². The molecule has 0 heterocycles. The predicted molar refractivity (Wildman–Crippen MR) is 68.5 cm³/mol. The van der Waals surface area contributed by atoms with E-state index in [1.54, 1.807) is 0 Å². The Bertz CT molecular complexity index is 397. The Morgan fingerprint density at radius 2 is 1.89 bits per heavy atom. The van der Waals surface area contributed by atoms with Crippen LogP contribution in [0.25, 0.3) is 0 Å². The highest BCUT2D eigenvalue weighted by atomic mass is 19.3. The van der Waals surface area contributed by atoms with E-state index >= 15 is 0 Å². The van der Waals surface area contributed by atoms with Crippen LogP contribution < -0.4 is 16.8 Å². The van der Waals surface area contributed by atoms with E-state index in [-0.39, 0.29) is 5.96 Å². The SMILES string of the molecule is Cc1ccc(CNCC(F)(F)CN=C(N)N)cc1. The summed E-state index contributed by atoms with van der Waals surface area (Å²) in [5, 5.41) is 2.68. The molecule has 6 heteroatoms. The lowest BCUT2D eigenvalue weighted by atomic mass is 10.1. The van der Waals surface area contributed by atoms with Crippen molar-refractivity contribution in [3.8, 4) is 0 Å². The van der Waals surface area contributed by atoms with Crippen LogP contribution in [0.3, 0.4) is 0 Å². The molecule has 0 unspecified atom stereocenters. The number of hydrogen-bond donors (Lipinski definition) is 3. The van der Waals surface area contributed by atoms with Crippen molar-refractivity contribution in [1.82, 2.24) is 5.32 Å². The molecule has 0 atom stereocenters. The standard InChI is InChI=1S/C12H18F2N4/c1-9-2-4-10(5-3-9)6-17-7-12(13,14)8-18-11(15)16/h2-5,17H,6-8H2,1H3,(H4,15,16,18). The van der Waals surface area contributed by atoms with Crippen molar-refractivity contribution in [2.45, 2.75) is 19.4 Å². The maximum absolute atomic E-state index is 13.3. The van der Waals surface area contributed by atoms with Gasteiger partial charge in [0.2, 0.25) is 0 Å². The largest absolute Gasteiger partial charge is 0.370 e. The predicted octanol–water partition coefficient (Wildman–Crippen LogP) is 0.993. The number of halogens is 2. The number of guanidine groups is 1.